The molecule has 1 aliphatic heterocycles. The smallest absolute Gasteiger partial charge is 0.328 e. The summed E-state index contributed by atoms with van der Waals surface area (Å²) in [4.78, 5) is 47.8. The number of barbiturate groups is 1. The van der Waals surface area contributed by atoms with Crippen molar-refractivity contribution in [2.24, 2.45) is 0 Å². The van der Waals surface area contributed by atoms with Crippen LogP contribution >= 0.6 is 0 Å². The first-order valence-electron chi connectivity index (χ1n) is 10.6. The number of amides is 6. The van der Waals surface area contributed by atoms with Crippen LogP contribution in [0.2, 0.25) is 0 Å². The van der Waals surface area contributed by atoms with Crippen LogP contribution < -0.4 is 30.7 Å². The summed E-state index contributed by atoms with van der Waals surface area (Å²) in [5, 5.41) is 9.32. The van der Waals surface area contributed by atoms with Crippen LogP contribution in [0.4, 0.5) is 9.59 Å². The molecule has 4 N–H and O–H groups in total. The molecule has 1 heterocycles. The first-order valence-corrected chi connectivity index (χ1v) is 10.6. The largest absolute Gasteiger partial charge is 0.467 e. The van der Waals surface area contributed by atoms with Gasteiger partial charge in [-0.1, -0.05) is 12.1 Å². The fourth-order valence-corrected chi connectivity index (χ4v) is 3.13. The molecule has 1 aliphatic rings. The van der Waals surface area contributed by atoms with E-state index in [1.807, 2.05) is 12.1 Å². The van der Waals surface area contributed by atoms with Crippen LogP contribution in [-0.2, 0) is 20.9 Å². The second kappa shape index (κ2) is 11.1. The maximum Gasteiger partial charge on any atom is 0.328 e. The number of carbonyl (C=O) groups is 4. The molecule has 0 unspecified atom stereocenters. The molecule has 0 spiro atoms. The van der Waals surface area contributed by atoms with E-state index in [1.54, 1.807) is 50.4 Å². The average molecular weight is 470 g/mol. The molecule has 0 aromatic heterocycles. The highest BCUT2D eigenvalue weighted by atomic mass is 16.5. The molecule has 180 valence electrons. The van der Waals surface area contributed by atoms with Crippen molar-refractivity contribution >= 4 is 23.9 Å². The van der Waals surface area contributed by atoms with Crippen molar-refractivity contribution in [2.45, 2.75) is 25.5 Å². The van der Waals surface area contributed by atoms with Crippen LogP contribution in [0.25, 0.3) is 0 Å². The zero-order chi connectivity index (χ0) is 24.6. The first-order chi connectivity index (χ1) is 16.4. The van der Waals surface area contributed by atoms with Gasteiger partial charge in [0.15, 0.2) is 0 Å². The Bertz CT molecular complexity index is 1020. The molecule has 0 saturated carbocycles. The third-order valence-electron chi connectivity index (χ3n) is 4.95. The van der Waals surface area contributed by atoms with E-state index in [0.717, 1.165) is 5.56 Å². The standard InChI is InChI=1S/C23H26N4O7/c1-3-32-13-12-23(19(28)26-22(31)27-20(23)29)34-18-10-8-17(9-11-18)33-16-6-4-15(5-7-16)14-25-21(30)24-2/h4-11H,3,12-14H2,1-2H3,(H2,24,25,30)(H2,26,27,28,29,31). The van der Waals surface area contributed by atoms with Crippen LogP contribution in [0.3, 0.4) is 0 Å². The minimum atomic E-state index is -1.94. The number of benzene rings is 2. The molecule has 0 aliphatic carbocycles. The quantitative estimate of drug-likeness (QED) is 0.306. The number of ether oxygens (including phenoxy) is 3. The summed E-state index contributed by atoms with van der Waals surface area (Å²) in [7, 11) is 1.54. The number of hydrogen-bond donors (Lipinski definition) is 4. The molecule has 11 heteroatoms. The maximum atomic E-state index is 12.5. The second-order valence-corrected chi connectivity index (χ2v) is 7.26. The summed E-state index contributed by atoms with van der Waals surface area (Å²) in [6.45, 7) is 2.65. The fraction of sp³-hybridized carbons (Fsp3) is 0.304. The van der Waals surface area contributed by atoms with Gasteiger partial charge in [0.2, 0.25) is 0 Å². The highest BCUT2D eigenvalue weighted by Crippen LogP contribution is 2.28. The Morgan fingerprint density at radius 2 is 1.47 bits per heavy atom. The number of hydrogen-bond acceptors (Lipinski definition) is 7. The van der Waals surface area contributed by atoms with E-state index in [0.29, 0.717) is 24.7 Å². The minimum Gasteiger partial charge on any atom is -0.467 e. The topological polar surface area (TPSA) is 144 Å². The Morgan fingerprint density at radius 1 is 0.912 bits per heavy atom. The zero-order valence-corrected chi connectivity index (χ0v) is 18.8. The summed E-state index contributed by atoms with van der Waals surface area (Å²) in [5.74, 6) is -0.395. The summed E-state index contributed by atoms with van der Waals surface area (Å²) in [5.41, 5.74) is -1.04. The van der Waals surface area contributed by atoms with E-state index in [2.05, 4.69) is 21.3 Å². The Balaban J connectivity index is 1.66. The average Bonchev–Trinajstić information content (AvgIpc) is 2.83. The molecule has 2 aromatic carbocycles. The molecule has 11 nitrogen and oxygen atoms in total. The van der Waals surface area contributed by atoms with Gasteiger partial charge in [-0.15, -0.1) is 0 Å². The highest BCUT2D eigenvalue weighted by Gasteiger charge is 2.52. The monoisotopic (exact) mass is 470 g/mol. The SMILES string of the molecule is CCOCCC1(Oc2ccc(Oc3ccc(CNC(=O)NC)cc3)cc2)C(=O)NC(=O)NC1=O. The lowest BCUT2D eigenvalue weighted by Crippen LogP contribution is -2.69. The van der Waals surface area contributed by atoms with Gasteiger partial charge in [-0.3, -0.25) is 20.2 Å². The van der Waals surface area contributed by atoms with Gasteiger partial charge in [0.25, 0.3) is 17.4 Å². The van der Waals surface area contributed by atoms with Crippen molar-refractivity contribution in [2.75, 3.05) is 20.3 Å². The van der Waals surface area contributed by atoms with Crippen LogP contribution in [0.1, 0.15) is 18.9 Å². The van der Waals surface area contributed by atoms with E-state index in [9.17, 15) is 19.2 Å². The molecular weight excluding hydrogens is 444 g/mol. The maximum absolute atomic E-state index is 12.5. The number of carbonyl (C=O) groups excluding carboxylic acids is 4. The lowest BCUT2D eigenvalue weighted by molar-refractivity contribution is -0.153. The summed E-state index contributed by atoms with van der Waals surface area (Å²) in [6, 6.07) is 12.4. The number of urea groups is 2. The fourth-order valence-electron chi connectivity index (χ4n) is 3.13. The first kappa shape index (κ1) is 24.5. The van der Waals surface area contributed by atoms with Gasteiger partial charge in [-0.25, -0.2) is 9.59 Å². The third kappa shape index (κ3) is 6.01. The Hall–Kier alpha value is -4.12. The molecule has 0 atom stereocenters. The third-order valence-corrected chi connectivity index (χ3v) is 4.95. The summed E-state index contributed by atoms with van der Waals surface area (Å²) in [6.07, 6.45) is -0.0782. The molecule has 0 bridgehead atoms. The van der Waals surface area contributed by atoms with Crippen LogP contribution in [-0.4, -0.2) is 49.7 Å². The number of imide groups is 2. The molecular formula is C23H26N4O7. The molecule has 34 heavy (non-hydrogen) atoms. The zero-order valence-electron chi connectivity index (χ0n) is 18.8. The number of nitrogens with one attached hydrogen (secondary N) is 4. The number of rotatable bonds is 10. The Kier molecular flexibility index (Phi) is 8.04. The Labute approximate surface area is 196 Å². The molecule has 0 radical (unpaired) electrons. The van der Waals surface area contributed by atoms with Gasteiger partial charge in [0.1, 0.15) is 17.2 Å². The van der Waals surface area contributed by atoms with Crippen molar-refractivity contribution in [3.05, 3.63) is 54.1 Å². The van der Waals surface area contributed by atoms with Crippen molar-refractivity contribution < 1.29 is 33.4 Å². The predicted molar refractivity (Wildman–Crippen MR) is 120 cm³/mol. The molecule has 1 saturated heterocycles. The van der Waals surface area contributed by atoms with E-state index in [1.165, 1.54) is 0 Å². The van der Waals surface area contributed by atoms with Crippen molar-refractivity contribution in [1.82, 2.24) is 21.3 Å². The van der Waals surface area contributed by atoms with E-state index in [-0.39, 0.29) is 24.8 Å². The van der Waals surface area contributed by atoms with Crippen molar-refractivity contribution in [1.29, 1.82) is 0 Å². The Morgan fingerprint density at radius 3 is 2.03 bits per heavy atom. The minimum absolute atomic E-state index is 0.0782. The van der Waals surface area contributed by atoms with E-state index < -0.39 is 23.4 Å². The van der Waals surface area contributed by atoms with Crippen LogP contribution in [0.5, 0.6) is 17.2 Å². The van der Waals surface area contributed by atoms with Crippen molar-refractivity contribution in [3.8, 4) is 17.2 Å². The molecule has 3 rings (SSSR count). The van der Waals surface area contributed by atoms with Crippen LogP contribution in [0.15, 0.2) is 48.5 Å². The summed E-state index contributed by atoms with van der Waals surface area (Å²) >= 11 is 0. The predicted octanol–water partition coefficient (Wildman–Crippen LogP) is 1.82. The molecule has 1 fully saturated rings. The molecule has 6 amide bonds. The molecule has 2 aromatic rings. The van der Waals surface area contributed by atoms with E-state index >= 15 is 0 Å². The van der Waals surface area contributed by atoms with E-state index in [4.69, 9.17) is 14.2 Å². The van der Waals surface area contributed by atoms with Crippen molar-refractivity contribution in [3.63, 3.8) is 0 Å². The van der Waals surface area contributed by atoms with Gasteiger partial charge in [-0.2, -0.15) is 0 Å². The summed E-state index contributed by atoms with van der Waals surface area (Å²) < 4.78 is 16.9. The highest BCUT2D eigenvalue weighted by molar-refractivity contribution is 6.21. The van der Waals surface area contributed by atoms with Crippen LogP contribution in [0, 0.1) is 0 Å². The van der Waals surface area contributed by atoms with Gasteiger partial charge < -0.3 is 24.8 Å². The lowest BCUT2D eigenvalue weighted by atomic mass is 9.95. The second-order valence-electron chi connectivity index (χ2n) is 7.26. The van der Waals surface area contributed by atoms with Gasteiger partial charge in [0, 0.05) is 26.6 Å². The van der Waals surface area contributed by atoms with Gasteiger partial charge in [0.05, 0.1) is 6.61 Å². The normalized spacial score (nSPS) is 14.6. The van der Waals surface area contributed by atoms with Gasteiger partial charge >= 0.3 is 12.1 Å². The van der Waals surface area contributed by atoms with Gasteiger partial charge in [-0.05, 0) is 48.9 Å². The lowest BCUT2D eigenvalue weighted by Gasteiger charge is -2.34.